The Morgan fingerprint density at radius 3 is 1.41 bits per heavy atom. The third-order valence-corrected chi connectivity index (χ3v) is 11.5. The highest BCUT2D eigenvalue weighted by Gasteiger charge is 2.10. The molecule has 0 fully saturated rings. The lowest BCUT2D eigenvalue weighted by atomic mass is 10.1. The van der Waals surface area contributed by atoms with Crippen LogP contribution in [-0.4, -0.2) is 95.4 Å². The van der Waals surface area contributed by atoms with Crippen molar-refractivity contribution in [1.29, 1.82) is 0 Å². The SMILES string of the molecule is CCCCCCCC/C=C\CCCCCCCCOCC(COCCOCCOCCOCCNC(=S)NCc1cccnc1)OCCCCCCCC/C=C\CCCCCCCC. The highest BCUT2D eigenvalue weighted by molar-refractivity contribution is 7.80. The maximum Gasteiger partial charge on any atom is 0.166 e. The normalized spacial score (nSPS) is 12.2. The number of nitrogens with one attached hydrogen (secondary N) is 2. The quantitative estimate of drug-likeness (QED) is 0.0374. The van der Waals surface area contributed by atoms with Crippen LogP contribution >= 0.6 is 12.2 Å². The van der Waals surface area contributed by atoms with Gasteiger partial charge in [-0.3, -0.25) is 4.98 Å². The van der Waals surface area contributed by atoms with Crippen molar-refractivity contribution in [2.24, 2.45) is 0 Å². The molecule has 0 saturated heterocycles. The molecule has 10 heteroatoms. The lowest BCUT2D eigenvalue weighted by molar-refractivity contribution is -0.0700. The summed E-state index contributed by atoms with van der Waals surface area (Å²) < 4.78 is 35.4. The van der Waals surface area contributed by atoms with Crippen LogP contribution in [0.15, 0.2) is 48.8 Å². The molecule has 1 rings (SSSR count). The molecule has 0 aliphatic rings. The van der Waals surface area contributed by atoms with E-state index in [9.17, 15) is 0 Å². The van der Waals surface area contributed by atoms with Gasteiger partial charge in [-0.2, -0.15) is 0 Å². The summed E-state index contributed by atoms with van der Waals surface area (Å²) in [4.78, 5) is 4.11. The number of allylic oxidation sites excluding steroid dienone is 4. The largest absolute Gasteiger partial charge is 0.379 e. The second-order valence-corrected chi connectivity index (χ2v) is 17.7. The lowest BCUT2D eigenvalue weighted by Crippen LogP contribution is -2.36. The van der Waals surface area contributed by atoms with Crippen molar-refractivity contribution in [3.63, 3.8) is 0 Å². The van der Waals surface area contributed by atoms with Crippen LogP contribution in [0.2, 0.25) is 0 Å². The van der Waals surface area contributed by atoms with Crippen molar-refractivity contribution in [2.45, 2.75) is 206 Å². The van der Waals surface area contributed by atoms with Crippen LogP contribution in [0.3, 0.4) is 0 Å². The van der Waals surface area contributed by atoms with Gasteiger partial charge < -0.3 is 39.1 Å². The Morgan fingerprint density at radius 2 is 0.922 bits per heavy atom. The number of pyridine rings is 1. The van der Waals surface area contributed by atoms with E-state index in [2.05, 4.69) is 53.8 Å². The first-order valence-corrected chi connectivity index (χ1v) is 26.9. The second kappa shape index (κ2) is 52.1. The summed E-state index contributed by atoms with van der Waals surface area (Å²) in [6.45, 7) is 12.2. The number of aromatic nitrogens is 1. The molecule has 0 aliphatic carbocycles. The zero-order valence-corrected chi connectivity index (χ0v) is 42.3. The minimum absolute atomic E-state index is 0.0468. The predicted octanol–water partition coefficient (Wildman–Crippen LogP) is 13.6. The van der Waals surface area contributed by atoms with Gasteiger partial charge in [-0.25, -0.2) is 0 Å². The summed E-state index contributed by atoms with van der Waals surface area (Å²) >= 11 is 5.31. The molecule has 0 bridgehead atoms. The highest BCUT2D eigenvalue weighted by atomic mass is 32.1. The van der Waals surface area contributed by atoms with Crippen LogP contribution < -0.4 is 10.6 Å². The van der Waals surface area contributed by atoms with E-state index in [0.717, 1.165) is 31.6 Å². The summed E-state index contributed by atoms with van der Waals surface area (Å²) in [6.07, 6.45) is 49.9. The highest BCUT2D eigenvalue weighted by Crippen LogP contribution is 2.12. The van der Waals surface area contributed by atoms with Crippen LogP contribution in [0.5, 0.6) is 0 Å². The molecule has 2 N–H and O–H groups in total. The fourth-order valence-corrected chi connectivity index (χ4v) is 7.44. The predicted molar refractivity (Wildman–Crippen MR) is 274 cm³/mol. The Labute approximate surface area is 399 Å². The van der Waals surface area contributed by atoms with Crippen LogP contribution in [-0.2, 0) is 35.0 Å². The van der Waals surface area contributed by atoms with Gasteiger partial charge >= 0.3 is 0 Å². The summed E-state index contributed by atoms with van der Waals surface area (Å²) in [5.41, 5.74) is 1.08. The van der Waals surface area contributed by atoms with Crippen molar-refractivity contribution in [3.05, 3.63) is 54.4 Å². The number of thiocarbonyl (C=S) groups is 1. The molecule has 372 valence electrons. The summed E-state index contributed by atoms with van der Waals surface area (Å²) in [7, 11) is 0. The molecule has 1 heterocycles. The number of hydrogen-bond donors (Lipinski definition) is 2. The van der Waals surface area contributed by atoms with Gasteiger partial charge in [-0.05, 0) is 88.1 Å². The third-order valence-electron chi connectivity index (χ3n) is 11.2. The second-order valence-electron chi connectivity index (χ2n) is 17.3. The smallest absolute Gasteiger partial charge is 0.166 e. The van der Waals surface area contributed by atoms with Crippen LogP contribution in [0.4, 0.5) is 0 Å². The van der Waals surface area contributed by atoms with Gasteiger partial charge in [0.15, 0.2) is 5.11 Å². The Morgan fingerprint density at radius 1 is 0.500 bits per heavy atom. The van der Waals surface area contributed by atoms with E-state index < -0.39 is 0 Å². The molecule has 64 heavy (non-hydrogen) atoms. The molecule has 0 radical (unpaired) electrons. The summed E-state index contributed by atoms with van der Waals surface area (Å²) in [5, 5.41) is 6.92. The molecular weight excluding hydrogens is 819 g/mol. The molecule has 1 unspecified atom stereocenters. The molecule has 0 amide bonds. The number of ether oxygens (including phenoxy) is 6. The maximum atomic E-state index is 6.29. The molecule has 0 aliphatic heterocycles. The fraction of sp³-hybridized carbons (Fsp3) is 0.815. The fourth-order valence-electron chi connectivity index (χ4n) is 7.27. The number of hydrogen-bond acceptors (Lipinski definition) is 8. The van der Waals surface area contributed by atoms with Crippen LogP contribution in [0.25, 0.3) is 0 Å². The maximum absolute atomic E-state index is 6.29. The average Bonchev–Trinajstić information content (AvgIpc) is 3.31. The van der Waals surface area contributed by atoms with Gasteiger partial charge in [0.1, 0.15) is 6.10 Å². The Kier molecular flexibility index (Phi) is 48.9. The molecule has 0 saturated carbocycles. The van der Waals surface area contributed by atoms with Crippen molar-refractivity contribution in [2.75, 3.05) is 79.2 Å². The van der Waals surface area contributed by atoms with Gasteiger partial charge in [0.2, 0.25) is 0 Å². The first-order valence-electron chi connectivity index (χ1n) is 26.5. The standard InChI is InChI=1S/C54H99N3O6S/c1-3-5-7-9-11-13-15-17-19-21-23-25-27-29-31-33-39-61-50-53(63-40-34-32-30-28-26-24-22-20-18-16-14-12-10-8-6-4-2)51-62-47-46-60-45-44-59-43-42-58-41-38-56-54(64)57-49-52-36-35-37-55-48-52/h17-20,35-37,48,53H,3-16,21-34,38-47,49-51H2,1-2H3,(H2,56,57,64)/b19-17-,20-18-. The number of unbranched alkanes of at least 4 members (excludes halogenated alkanes) is 24. The monoisotopic (exact) mass is 918 g/mol. The Bertz CT molecular complexity index is 1130. The first kappa shape index (κ1) is 60.1. The zero-order chi connectivity index (χ0) is 45.7. The molecular formula is C54H99N3O6S. The molecule has 1 aromatic heterocycles. The first-order chi connectivity index (χ1) is 31.8. The van der Waals surface area contributed by atoms with Crippen molar-refractivity contribution in [3.8, 4) is 0 Å². The van der Waals surface area contributed by atoms with Gasteiger partial charge in [0.25, 0.3) is 0 Å². The Balaban J connectivity index is 2.11. The molecule has 9 nitrogen and oxygen atoms in total. The van der Waals surface area contributed by atoms with Gasteiger partial charge in [0.05, 0.1) is 59.5 Å². The summed E-state index contributed by atoms with van der Waals surface area (Å²) in [5.74, 6) is 0. The van der Waals surface area contributed by atoms with Crippen LogP contribution in [0, 0.1) is 0 Å². The van der Waals surface area contributed by atoms with Gasteiger partial charge in [-0.15, -0.1) is 0 Å². The van der Waals surface area contributed by atoms with E-state index in [1.54, 1.807) is 6.20 Å². The van der Waals surface area contributed by atoms with E-state index in [-0.39, 0.29) is 6.10 Å². The van der Waals surface area contributed by atoms with E-state index in [4.69, 9.17) is 40.6 Å². The molecule has 1 aromatic rings. The zero-order valence-electron chi connectivity index (χ0n) is 41.5. The van der Waals surface area contributed by atoms with E-state index in [0.29, 0.717) is 77.7 Å². The van der Waals surface area contributed by atoms with E-state index in [1.807, 2.05) is 18.3 Å². The van der Waals surface area contributed by atoms with Crippen LogP contribution in [0.1, 0.15) is 199 Å². The van der Waals surface area contributed by atoms with E-state index in [1.165, 1.54) is 167 Å². The van der Waals surface area contributed by atoms with Gasteiger partial charge in [0, 0.05) is 38.7 Å². The van der Waals surface area contributed by atoms with Crippen molar-refractivity contribution < 1.29 is 28.4 Å². The topological polar surface area (TPSA) is 92.3 Å². The van der Waals surface area contributed by atoms with Crippen molar-refractivity contribution >= 4 is 17.3 Å². The number of rotatable bonds is 51. The molecule has 1 atom stereocenters. The minimum atomic E-state index is -0.0468. The summed E-state index contributed by atoms with van der Waals surface area (Å²) in [6, 6.07) is 3.92. The molecule has 0 spiro atoms. The Hall–Kier alpha value is -1.92. The van der Waals surface area contributed by atoms with Gasteiger partial charge in [-0.1, -0.05) is 160 Å². The van der Waals surface area contributed by atoms with Crippen molar-refractivity contribution in [1.82, 2.24) is 15.6 Å². The third kappa shape index (κ3) is 46.6. The lowest BCUT2D eigenvalue weighted by Gasteiger charge is -2.18. The minimum Gasteiger partial charge on any atom is -0.379 e. The van der Waals surface area contributed by atoms with E-state index >= 15 is 0 Å². The average molecular weight is 918 g/mol. The molecule has 0 aromatic carbocycles. The number of nitrogens with zero attached hydrogens (tertiary/aromatic N) is 1.